The van der Waals surface area contributed by atoms with Crippen molar-refractivity contribution in [1.29, 1.82) is 0 Å². The maximum atomic E-state index is 2.53. The average Bonchev–Trinajstić information content (AvgIpc) is 0.919. The summed E-state index contributed by atoms with van der Waals surface area (Å²) in [7, 11) is 8.72. The van der Waals surface area contributed by atoms with Crippen molar-refractivity contribution in [3.05, 3.63) is 469 Å². The number of fused-ring (bicyclic) bond motifs is 38. The highest BCUT2D eigenvalue weighted by Gasteiger charge is 2.40. The molecule has 16 aromatic carbocycles. The molecule has 7 aromatic heterocycles. The molecular weight excluding hydrogens is 1800 g/mol. The highest BCUT2D eigenvalue weighted by atomic mass is 32.1. The fourth-order valence-corrected chi connectivity index (χ4v) is 26.4. The molecule has 0 fully saturated rings. The van der Waals surface area contributed by atoms with E-state index in [9.17, 15) is 0 Å². The molecule has 7 heterocycles. The Morgan fingerprint density at radius 3 is 0.911 bits per heavy atom. The lowest BCUT2D eigenvalue weighted by molar-refractivity contribution is -0.660. The van der Waals surface area contributed by atoms with E-state index in [0.29, 0.717) is 5.92 Å². The van der Waals surface area contributed by atoms with Crippen LogP contribution in [0.25, 0.3) is 255 Å². The number of aromatic nitrogens is 5. The zero-order valence-electron chi connectivity index (χ0n) is 84.4. The summed E-state index contributed by atoms with van der Waals surface area (Å²) in [5.74, 6) is 0.542. The van der Waals surface area contributed by atoms with E-state index in [4.69, 9.17) is 0 Å². The van der Waals surface area contributed by atoms with Crippen LogP contribution in [0.4, 0.5) is 0 Å². The van der Waals surface area contributed by atoms with Crippen LogP contribution < -0.4 is 18.3 Å². The molecule has 5 aliphatic rings. The second-order valence-electron chi connectivity index (χ2n) is 40.8. The molecule has 0 aliphatic heterocycles. The van der Waals surface area contributed by atoms with Crippen molar-refractivity contribution in [2.45, 2.75) is 67.3 Å². The van der Waals surface area contributed by atoms with Gasteiger partial charge in [-0.1, -0.05) is 367 Å². The highest BCUT2D eigenvalue weighted by molar-refractivity contribution is 7.14. The molecule has 0 unspecified atom stereocenters. The number of para-hydroxylation sites is 1. The fourth-order valence-electron chi connectivity index (χ4n) is 24.4. The Morgan fingerprint density at radius 1 is 0.233 bits per heavy atom. The topological polar surface area (TPSA) is 20.4 Å². The monoisotopic (exact) mass is 1910 g/mol. The lowest BCUT2D eigenvalue weighted by Crippen LogP contribution is -2.32. The van der Waals surface area contributed by atoms with Gasteiger partial charge in [0.2, 0.25) is 22.8 Å². The molecule has 0 bridgehead atoms. The van der Waals surface area contributed by atoms with Crippen molar-refractivity contribution in [3.63, 3.8) is 0 Å². The Labute approximate surface area is 864 Å². The van der Waals surface area contributed by atoms with Crippen molar-refractivity contribution in [1.82, 2.24) is 4.57 Å². The van der Waals surface area contributed by atoms with Gasteiger partial charge in [0.25, 0.3) is 0 Å². The van der Waals surface area contributed by atoms with Gasteiger partial charge in [0.15, 0.2) is 24.8 Å². The number of nitrogens with zero attached hydrogens (tertiary/aromatic N) is 5. The van der Waals surface area contributed by atoms with E-state index in [0.717, 1.165) is 6.54 Å². The summed E-state index contributed by atoms with van der Waals surface area (Å²) in [6.45, 7) is 19.3. The Balaban J connectivity index is 0.000000103. The first-order valence-corrected chi connectivity index (χ1v) is 52.8. The van der Waals surface area contributed by atoms with Gasteiger partial charge in [-0.15, -0.1) is 22.7 Å². The molecule has 5 nitrogen and oxygen atoms in total. The standard InChI is InChI=1S/C41H35N2.C40H32N.2C29H22NS/c1-26(2)25-43-38-20-12-11-18-33(38)37-23-27(3)36(24-39(37)43)41-40-34-19-10-9-16-31(34)29-14-6-5-13-28(29)30-15-7-8-17-32(30)35(40)21-22-42(41)4;1-25-23-35-31-18-11-12-20-36(31)40(2,3)37(35)24-34(25)39-38-32-19-10-9-16-29(32)27-14-6-5-13-26(27)28-15-7-8-17-30(28)33(38)21-22-41(39)4;1-19-15-16-31-29(19)28-17-26-24-13-7-5-11-22(24)20-9-3-4-10-21(20)23-12-6-8-14-25(23)27(26)18-30(28)2;1-19-16-18-31-29(19)28-27-25-14-8-7-12-23(25)21-10-4-3-9-20(21)22-11-5-6-13-24(22)26(27)15-17-30(28)2/h5-24,26H,25H2,1-4H3;5-24H,1-4H3;2*3-18H,1-2H3/q4*+1. The van der Waals surface area contributed by atoms with Crippen LogP contribution in [0.2, 0.25) is 0 Å². The third kappa shape index (κ3) is 15.0. The van der Waals surface area contributed by atoms with Crippen LogP contribution in [0.15, 0.2) is 436 Å². The lowest BCUT2D eigenvalue weighted by atomic mass is 9.78. The van der Waals surface area contributed by atoms with Crippen LogP contribution in [0, 0.1) is 33.6 Å². The summed E-state index contributed by atoms with van der Waals surface area (Å²) < 4.78 is 11.8. The van der Waals surface area contributed by atoms with E-state index in [1.165, 1.54) is 288 Å². The van der Waals surface area contributed by atoms with Gasteiger partial charge in [0, 0.05) is 80.3 Å². The Morgan fingerprint density at radius 2 is 0.534 bits per heavy atom. The molecule has 700 valence electrons. The highest BCUT2D eigenvalue weighted by Crippen LogP contribution is 2.58. The maximum Gasteiger partial charge on any atom is 0.231 e. The first kappa shape index (κ1) is 90.6. The summed E-state index contributed by atoms with van der Waals surface area (Å²) in [6.07, 6.45) is 9.01. The van der Waals surface area contributed by atoms with E-state index >= 15 is 0 Å². The number of pyridine rings is 4. The van der Waals surface area contributed by atoms with Gasteiger partial charge in [-0.25, -0.2) is 9.13 Å². The molecule has 0 saturated carbocycles. The van der Waals surface area contributed by atoms with E-state index in [1.807, 2.05) is 22.7 Å². The molecule has 0 spiro atoms. The van der Waals surface area contributed by atoms with E-state index < -0.39 is 0 Å². The third-order valence-electron chi connectivity index (χ3n) is 31.2. The van der Waals surface area contributed by atoms with Crippen molar-refractivity contribution in [3.8, 4) is 233 Å². The third-order valence-corrected chi connectivity index (χ3v) is 33.3. The minimum absolute atomic E-state index is 0.0559. The van der Waals surface area contributed by atoms with Gasteiger partial charge in [0.05, 0.1) is 33.4 Å². The van der Waals surface area contributed by atoms with Crippen LogP contribution in [-0.4, -0.2) is 4.57 Å². The number of rotatable bonds is 6. The van der Waals surface area contributed by atoms with Crippen LogP contribution in [0.3, 0.4) is 0 Å². The summed E-state index contributed by atoms with van der Waals surface area (Å²) in [5.41, 5.74) is 62.0. The second-order valence-corrected chi connectivity index (χ2v) is 42.6. The summed E-state index contributed by atoms with van der Waals surface area (Å²) >= 11 is 3.63. The summed E-state index contributed by atoms with van der Waals surface area (Å²) in [5, 5.41) is 7.04. The largest absolute Gasteiger partial charge is 0.340 e. The molecule has 0 atom stereocenters. The van der Waals surface area contributed by atoms with Gasteiger partial charge < -0.3 is 4.57 Å². The van der Waals surface area contributed by atoms with Gasteiger partial charge in [-0.3, -0.25) is 0 Å². The van der Waals surface area contributed by atoms with Gasteiger partial charge >= 0.3 is 0 Å². The van der Waals surface area contributed by atoms with E-state index in [1.54, 1.807) is 0 Å². The van der Waals surface area contributed by atoms with Crippen molar-refractivity contribution in [2.75, 3.05) is 0 Å². The minimum atomic E-state index is -0.0559. The van der Waals surface area contributed by atoms with E-state index in [-0.39, 0.29) is 5.41 Å². The smallest absolute Gasteiger partial charge is 0.231 e. The predicted molar refractivity (Wildman–Crippen MR) is 614 cm³/mol. The van der Waals surface area contributed by atoms with Crippen LogP contribution >= 0.6 is 22.7 Å². The molecule has 28 rings (SSSR count). The molecule has 7 heteroatoms. The minimum Gasteiger partial charge on any atom is -0.340 e. The van der Waals surface area contributed by atoms with Crippen LogP contribution in [0.5, 0.6) is 0 Å². The fraction of sp³-hybridized carbons (Fsp3) is 0.108. The van der Waals surface area contributed by atoms with E-state index in [2.05, 4.69) is 542 Å². The van der Waals surface area contributed by atoms with Gasteiger partial charge in [0.1, 0.15) is 37.9 Å². The van der Waals surface area contributed by atoms with Gasteiger partial charge in [-0.05, 0) is 259 Å². The molecular formula is C139H111N5S2+4. The maximum absolute atomic E-state index is 2.53. The average molecular weight is 1920 g/mol. The molecule has 0 amide bonds. The molecule has 0 saturated heterocycles. The number of thiophene rings is 2. The normalized spacial score (nSPS) is 12.3. The first-order valence-electron chi connectivity index (χ1n) is 51.0. The Kier molecular flexibility index (Phi) is 22.7. The quantitative estimate of drug-likeness (QED) is 0.148. The van der Waals surface area contributed by atoms with Crippen molar-refractivity contribution in [2.24, 2.45) is 34.1 Å². The molecule has 0 radical (unpaired) electrons. The number of aryl methyl sites for hydroxylation is 8. The van der Waals surface area contributed by atoms with Crippen LogP contribution in [-0.2, 0) is 40.2 Å². The number of benzene rings is 16. The van der Waals surface area contributed by atoms with Crippen molar-refractivity contribution < 1.29 is 18.3 Å². The first-order chi connectivity index (χ1) is 71.4. The number of hydrogen-bond acceptors (Lipinski definition) is 2. The van der Waals surface area contributed by atoms with Crippen LogP contribution in [0.1, 0.15) is 61.1 Å². The Bertz CT molecular complexity index is 9210. The Hall–Kier alpha value is -16.7. The molecule has 146 heavy (non-hydrogen) atoms. The second kappa shape index (κ2) is 36.6. The SMILES string of the molecule is Cc1cc2c(cc1-c1c3c(cc[n+]1C)-c1ccccc1-c1ccccc1-c1ccccc1-3)C(C)(C)c1ccccc1-2.Cc1cc2c3ccccc3n(CC(C)C)c2cc1-c1c2c(cc[n+]1C)-c1ccccc1-c1ccccc1-c1ccccc1-2.Cc1ccsc1-c1c2c(cc[n+]1C)-c1ccccc1-c1ccccc1-c1ccccc1-2.Cc1ccsc1-c1cc2c(c[n+]1C)-c1ccccc1-c1ccccc1-c1ccccc1-2. The van der Waals surface area contributed by atoms with Gasteiger partial charge in [-0.2, -0.15) is 9.13 Å². The van der Waals surface area contributed by atoms with Crippen molar-refractivity contribution >= 4 is 44.5 Å². The predicted octanol–water partition coefficient (Wildman–Crippen LogP) is 35.1. The zero-order chi connectivity index (χ0) is 99.0. The molecule has 0 N–H and O–H groups in total. The zero-order valence-corrected chi connectivity index (χ0v) is 86.0. The summed E-state index contributed by atoms with van der Waals surface area (Å²) in [4.78, 5) is 2.67. The lowest BCUT2D eigenvalue weighted by Gasteiger charge is -2.25. The number of hydrogen-bond donors (Lipinski definition) is 0. The molecule has 23 aromatic rings. The summed E-state index contributed by atoms with van der Waals surface area (Å²) in [6, 6.07) is 148. The molecule has 5 aliphatic carbocycles.